The van der Waals surface area contributed by atoms with Crippen molar-refractivity contribution in [3.63, 3.8) is 0 Å². The minimum atomic E-state index is -0.243. The second-order valence-corrected chi connectivity index (χ2v) is 2.60. The molecule has 0 aliphatic heterocycles. The fraction of sp³-hybridized carbons (Fsp3) is 0.300. The summed E-state index contributed by atoms with van der Waals surface area (Å²) in [5.41, 5.74) is 1.62. The fourth-order valence-electron chi connectivity index (χ4n) is 0.905. The van der Waals surface area contributed by atoms with E-state index in [0.717, 1.165) is 11.3 Å². The Kier molecular flexibility index (Phi) is 3.43. The van der Waals surface area contributed by atoms with Gasteiger partial charge in [0.2, 0.25) is 0 Å². The van der Waals surface area contributed by atoms with Crippen LogP contribution in [0.15, 0.2) is 29.4 Å². The first-order valence-corrected chi connectivity index (χ1v) is 4.16. The molecule has 0 unspecified atom stereocenters. The highest BCUT2D eigenvalue weighted by Gasteiger charge is 1.97. The zero-order valence-corrected chi connectivity index (χ0v) is 7.75. The third-order valence-corrected chi connectivity index (χ3v) is 1.59. The minimum absolute atomic E-state index is 0.243. The highest BCUT2D eigenvalue weighted by molar-refractivity contribution is 5.98. The van der Waals surface area contributed by atoms with E-state index in [-0.39, 0.29) is 5.82 Å². The van der Waals surface area contributed by atoms with Crippen LogP contribution in [0.25, 0.3) is 0 Å². The van der Waals surface area contributed by atoms with Crippen LogP contribution in [0.3, 0.4) is 0 Å². The smallest absolute Gasteiger partial charge is 0.123 e. The Morgan fingerprint density at radius 1 is 1.38 bits per heavy atom. The molecule has 13 heavy (non-hydrogen) atoms. The first-order valence-electron chi connectivity index (χ1n) is 4.16. The molecule has 0 radical (unpaired) electrons. The summed E-state index contributed by atoms with van der Waals surface area (Å²) in [7, 11) is 0. The van der Waals surface area contributed by atoms with Crippen molar-refractivity contribution in [2.75, 3.05) is 6.61 Å². The molecule has 0 bridgehead atoms. The molecule has 0 atom stereocenters. The summed E-state index contributed by atoms with van der Waals surface area (Å²) < 4.78 is 12.5. The summed E-state index contributed by atoms with van der Waals surface area (Å²) in [6.45, 7) is 4.23. The molecule has 0 saturated carbocycles. The van der Waals surface area contributed by atoms with Gasteiger partial charge in [0.05, 0.1) is 5.71 Å². The SMILES string of the molecule is CCO/N=C(/C)c1ccc(F)cc1. The van der Waals surface area contributed by atoms with Crippen LogP contribution in [0.2, 0.25) is 0 Å². The van der Waals surface area contributed by atoms with Crippen LogP contribution >= 0.6 is 0 Å². The monoisotopic (exact) mass is 181 g/mol. The number of benzene rings is 1. The Hall–Kier alpha value is -1.38. The molecule has 0 aliphatic carbocycles. The van der Waals surface area contributed by atoms with E-state index in [1.807, 2.05) is 13.8 Å². The van der Waals surface area contributed by atoms with Gasteiger partial charge in [0.1, 0.15) is 12.4 Å². The quantitative estimate of drug-likeness (QED) is 0.518. The maximum absolute atomic E-state index is 12.5. The zero-order valence-electron chi connectivity index (χ0n) is 7.75. The lowest BCUT2D eigenvalue weighted by atomic mass is 10.1. The molecule has 3 heteroatoms. The highest BCUT2D eigenvalue weighted by Crippen LogP contribution is 2.04. The van der Waals surface area contributed by atoms with Crippen LogP contribution < -0.4 is 0 Å². The van der Waals surface area contributed by atoms with Gasteiger partial charge in [-0.05, 0) is 31.5 Å². The molecule has 0 saturated heterocycles. The van der Waals surface area contributed by atoms with Gasteiger partial charge in [-0.2, -0.15) is 0 Å². The lowest BCUT2D eigenvalue weighted by Crippen LogP contribution is -1.96. The molecule has 0 aliphatic rings. The average Bonchev–Trinajstić information content (AvgIpc) is 2.15. The molecule has 0 heterocycles. The number of nitrogens with zero attached hydrogens (tertiary/aromatic N) is 1. The summed E-state index contributed by atoms with van der Waals surface area (Å²) >= 11 is 0. The molecule has 0 spiro atoms. The number of hydrogen-bond acceptors (Lipinski definition) is 2. The van der Waals surface area contributed by atoms with Gasteiger partial charge in [0, 0.05) is 0 Å². The zero-order chi connectivity index (χ0) is 9.68. The molecule has 0 N–H and O–H groups in total. The Morgan fingerprint density at radius 2 is 2.00 bits per heavy atom. The molecule has 2 nitrogen and oxygen atoms in total. The van der Waals surface area contributed by atoms with E-state index in [1.165, 1.54) is 12.1 Å². The first kappa shape index (κ1) is 9.71. The fourth-order valence-corrected chi connectivity index (χ4v) is 0.905. The van der Waals surface area contributed by atoms with Gasteiger partial charge in [-0.3, -0.25) is 0 Å². The Morgan fingerprint density at radius 3 is 2.54 bits per heavy atom. The highest BCUT2D eigenvalue weighted by atomic mass is 19.1. The largest absolute Gasteiger partial charge is 0.396 e. The number of halogens is 1. The number of hydrogen-bond donors (Lipinski definition) is 0. The van der Waals surface area contributed by atoms with Crippen LogP contribution in [-0.2, 0) is 4.84 Å². The van der Waals surface area contributed by atoms with E-state index in [1.54, 1.807) is 12.1 Å². The molecular formula is C10H12FNO. The van der Waals surface area contributed by atoms with Gasteiger partial charge in [0.15, 0.2) is 0 Å². The third kappa shape index (κ3) is 2.86. The second-order valence-electron chi connectivity index (χ2n) is 2.60. The summed E-state index contributed by atoms with van der Waals surface area (Å²) in [6.07, 6.45) is 0. The predicted molar refractivity (Wildman–Crippen MR) is 50.2 cm³/mol. The standard InChI is InChI=1S/C10H12FNO/c1-3-13-12-8(2)9-4-6-10(11)7-5-9/h4-7H,3H2,1-2H3/b12-8-. The van der Waals surface area contributed by atoms with Gasteiger partial charge in [-0.15, -0.1) is 0 Å². The molecule has 1 rings (SSSR count). The van der Waals surface area contributed by atoms with Crippen molar-refractivity contribution in [3.8, 4) is 0 Å². The Labute approximate surface area is 77.0 Å². The topological polar surface area (TPSA) is 21.6 Å². The Balaban J connectivity index is 2.77. The summed E-state index contributed by atoms with van der Waals surface area (Å²) in [6, 6.07) is 6.15. The van der Waals surface area contributed by atoms with Crippen molar-refractivity contribution >= 4 is 5.71 Å². The van der Waals surface area contributed by atoms with Crippen molar-refractivity contribution in [1.29, 1.82) is 0 Å². The van der Waals surface area contributed by atoms with E-state index in [4.69, 9.17) is 4.84 Å². The molecule has 0 fully saturated rings. The van der Waals surface area contributed by atoms with Gasteiger partial charge >= 0.3 is 0 Å². The minimum Gasteiger partial charge on any atom is -0.396 e. The maximum Gasteiger partial charge on any atom is 0.123 e. The number of oxime groups is 1. The lowest BCUT2D eigenvalue weighted by Gasteiger charge is -1.99. The van der Waals surface area contributed by atoms with Crippen LogP contribution in [-0.4, -0.2) is 12.3 Å². The van der Waals surface area contributed by atoms with E-state index in [9.17, 15) is 4.39 Å². The van der Waals surface area contributed by atoms with Crippen LogP contribution in [0.5, 0.6) is 0 Å². The van der Waals surface area contributed by atoms with Crippen molar-refractivity contribution in [2.24, 2.45) is 5.16 Å². The molecule has 1 aromatic rings. The maximum atomic E-state index is 12.5. The molecule has 0 amide bonds. The van der Waals surface area contributed by atoms with Gasteiger partial charge in [-0.1, -0.05) is 17.3 Å². The van der Waals surface area contributed by atoms with Crippen molar-refractivity contribution in [1.82, 2.24) is 0 Å². The van der Waals surface area contributed by atoms with E-state index in [2.05, 4.69) is 5.16 Å². The normalized spacial score (nSPS) is 11.5. The Bertz CT molecular complexity index is 292. The molecule has 70 valence electrons. The van der Waals surface area contributed by atoms with E-state index in [0.29, 0.717) is 6.61 Å². The van der Waals surface area contributed by atoms with Crippen LogP contribution in [0.1, 0.15) is 19.4 Å². The van der Waals surface area contributed by atoms with Crippen molar-refractivity contribution < 1.29 is 9.23 Å². The predicted octanol–water partition coefficient (Wildman–Crippen LogP) is 2.59. The molecule has 0 aromatic heterocycles. The lowest BCUT2D eigenvalue weighted by molar-refractivity contribution is 0.159. The number of rotatable bonds is 3. The summed E-state index contributed by atoms with van der Waals surface area (Å²) in [5, 5.41) is 3.84. The first-order chi connectivity index (χ1) is 6.24. The second kappa shape index (κ2) is 4.60. The van der Waals surface area contributed by atoms with E-state index >= 15 is 0 Å². The van der Waals surface area contributed by atoms with Gasteiger partial charge in [-0.25, -0.2) is 4.39 Å². The van der Waals surface area contributed by atoms with Gasteiger partial charge < -0.3 is 4.84 Å². The van der Waals surface area contributed by atoms with Crippen LogP contribution in [0, 0.1) is 5.82 Å². The van der Waals surface area contributed by atoms with Crippen molar-refractivity contribution in [3.05, 3.63) is 35.6 Å². The average molecular weight is 181 g/mol. The summed E-state index contributed by atoms with van der Waals surface area (Å²) in [5.74, 6) is -0.243. The van der Waals surface area contributed by atoms with Crippen LogP contribution in [0.4, 0.5) is 4.39 Å². The van der Waals surface area contributed by atoms with Gasteiger partial charge in [0.25, 0.3) is 0 Å². The third-order valence-electron chi connectivity index (χ3n) is 1.59. The van der Waals surface area contributed by atoms with Crippen molar-refractivity contribution in [2.45, 2.75) is 13.8 Å². The molecular weight excluding hydrogens is 169 g/mol. The summed E-state index contributed by atoms with van der Waals surface area (Å²) in [4.78, 5) is 4.87. The van der Waals surface area contributed by atoms with E-state index < -0.39 is 0 Å². The molecule has 1 aromatic carbocycles.